The number of nitrogens with zero attached hydrogens (tertiary/aromatic N) is 2. The molecule has 0 amide bonds. The maximum atomic E-state index is 10.3. The SMILES string of the molecule is Cc1ccc(-c2cc(-c3cc(O)ccc3O)n(-c3ccccc3)n2)cc1. The average Bonchev–Trinajstić information content (AvgIpc) is 3.10. The predicted molar refractivity (Wildman–Crippen MR) is 103 cm³/mol. The fourth-order valence-corrected chi connectivity index (χ4v) is 2.93. The molecule has 4 aromatic rings. The zero-order chi connectivity index (χ0) is 18.1. The summed E-state index contributed by atoms with van der Waals surface area (Å²) >= 11 is 0. The molecule has 0 aliphatic rings. The van der Waals surface area contributed by atoms with Crippen LogP contribution in [0.5, 0.6) is 11.5 Å². The lowest BCUT2D eigenvalue weighted by Crippen LogP contribution is -1.99. The van der Waals surface area contributed by atoms with E-state index in [9.17, 15) is 10.2 Å². The summed E-state index contributed by atoms with van der Waals surface area (Å²) in [6.07, 6.45) is 0. The van der Waals surface area contributed by atoms with Crippen molar-refractivity contribution < 1.29 is 10.2 Å². The van der Waals surface area contributed by atoms with E-state index in [1.807, 2.05) is 67.6 Å². The maximum absolute atomic E-state index is 10.3. The third-order valence-corrected chi connectivity index (χ3v) is 4.31. The van der Waals surface area contributed by atoms with Gasteiger partial charge < -0.3 is 10.2 Å². The topological polar surface area (TPSA) is 58.3 Å². The Bertz CT molecular complexity index is 1050. The molecule has 0 saturated carbocycles. The van der Waals surface area contributed by atoms with Crippen LogP contribution in [-0.2, 0) is 0 Å². The van der Waals surface area contributed by atoms with E-state index in [0.717, 1.165) is 16.9 Å². The molecule has 0 unspecified atom stereocenters. The molecule has 0 saturated heterocycles. The molecule has 4 nitrogen and oxygen atoms in total. The van der Waals surface area contributed by atoms with E-state index in [0.29, 0.717) is 11.3 Å². The summed E-state index contributed by atoms with van der Waals surface area (Å²) in [5.74, 6) is 0.186. The number of aryl methyl sites for hydroxylation is 1. The summed E-state index contributed by atoms with van der Waals surface area (Å²) in [4.78, 5) is 0. The van der Waals surface area contributed by atoms with Gasteiger partial charge in [0.25, 0.3) is 0 Å². The zero-order valence-corrected chi connectivity index (χ0v) is 14.3. The summed E-state index contributed by atoms with van der Waals surface area (Å²) in [5, 5.41) is 24.9. The van der Waals surface area contributed by atoms with E-state index >= 15 is 0 Å². The van der Waals surface area contributed by atoms with Crippen LogP contribution in [-0.4, -0.2) is 20.0 Å². The second kappa shape index (κ2) is 6.41. The number of benzene rings is 3. The molecule has 0 aliphatic carbocycles. The van der Waals surface area contributed by atoms with Crippen molar-refractivity contribution in [3.63, 3.8) is 0 Å². The Hall–Kier alpha value is -3.53. The van der Waals surface area contributed by atoms with Crippen LogP contribution in [0.25, 0.3) is 28.2 Å². The summed E-state index contributed by atoms with van der Waals surface area (Å²) in [7, 11) is 0. The first-order valence-corrected chi connectivity index (χ1v) is 8.37. The largest absolute Gasteiger partial charge is 0.508 e. The molecule has 26 heavy (non-hydrogen) atoms. The van der Waals surface area contributed by atoms with Gasteiger partial charge in [-0.25, -0.2) is 4.68 Å². The van der Waals surface area contributed by atoms with Gasteiger partial charge in [0.15, 0.2) is 0 Å². The van der Waals surface area contributed by atoms with Gasteiger partial charge in [-0.05, 0) is 43.3 Å². The standard InChI is InChI=1S/C22H18N2O2/c1-15-7-9-16(10-8-15)20-14-21(19-13-18(25)11-12-22(19)26)24(23-20)17-5-3-2-4-6-17/h2-14,25-26H,1H3. The molecule has 3 aromatic carbocycles. The number of aromatic hydroxyl groups is 2. The minimum absolute atomic E-state index is 0.0929. The first-order valence-electron chi connectivity index (χ1n) is 8.37. The highest BCUT2D eigenvalue weighted by Crippen LogP contribution is 2.35. The van der Waals surface area contributed by atoms with Crippen molar-refractivity contribution in [2.24, 2.45) is 0 Å². The molecule has 4 rings (SSSR count). The monoisotopic (exact) mass is 342 g/mol. The lowest BCUT2D eigenvalue weighted by Gasteiger charge is -2.09. The molecular formula is C22H18N2O2. The Morgan fingerprint density at radius 1 is 0.808 bits per heavy atom. The van der Waals surface area contributed by atoms with Gasteiger partial charge in [0.05, 0.1) is 17.1 Å². The van der Waals surface area contributed by atoms with Crippen molar-refractivity contribution in [3.05, 3.63) is 84.4 Å². The minimum Gasteiger partial charge on any atom is -0.508 e. The van der Waals surface area contributed by atoms with Crippen molar-refractivity contribution in [3.8, 4) is 39.7 Å². The lowest BCUT2D eigenvalue weighted by molar-refractivity contribution is 0.461. The number of phenols is 2. The maximum Gasteiger partial charge on any atom is 0.125 e. The molecule has 0 spiro atoms. The molecular weight excluding hydrogens is 324 g/mol. The Morgan fingerprint density at radius 2 is 1.54 bits per heavy atom. The molecule has 0 radical (unpaired) electrons. The van der Waals surface area contributed by atoms with E-state index in [4.69, 9.17) is 5.10 Å². The van der Waals surface area contributed by atoms with Crippen molar-refractivity contribution in [2.45, 2.75) is 6.92 Å². The highest BCUT2D eigenvalue weighted by atomic mass is 16.3. The molecule has 1 aromatic heterocycles. The third-order valence-electron chi connectivity index (χ3n) is 4.31. The van der Waals surface area contributed by atoms with Gasteiger partial charge >= 0.3 is 0 Å². The third kappa shape index (κ3) is 2.93. The second-order valence-corrected chi connectivity index (χ2v) is 6.23. The van der Waals surface area contributed by atoms with E-state index in [1.54, 1.807) is 10.7 Å². The fraction of sp³-hybridized carbons (Fsp3) is 0.0455. The summed E-state index contributed by atoms with van der Waals surface area (Å²) < 4.78 is 1.78. The van der Waals surface area contributed by atoms with E-state index in [1.165, 1.54) is 17.7 Å². The van der Waals surface area contributed by atoms with Gasteiger partial charge in [-0.3, -0.25) is 0 Å². The second-order valence-electron chi connectivity index (χ2n) is 6.23. The van der Waals surface area contributed by atoms with Crippen molar-refractivity contribution >= 4 is 0 Å². The molecule has 0 aliphatic heterocycles. The first-order chi connectivity index (χ1) is 12.6. The van der Waals surface area contributed by atoms with Gasteiger partial charge in [0.1, 0.15) is 11.5 Å². The molecule has 1 heterocycles. The number of rotatable bonds is 3. The first kappa shape index (κ1) is 16.0. The number of aromatic nitrogens is 2. The van der Waals surface area contributed by atoms with E-state index < -0.39 is 0 Å². The molecule has 0 atom stereocenters. The van der Waals surface area contributed by atoms with Gasteiger partial charge in [-0.2, -0.15) is 5.10 Å². The number of hydrogen-bond donors (Lipinski definition) is 2. The zero-order valence-electron chi connectivity index (χ0n) is 14.3. The van der Waals surface area contributed by atoms with E-state index in [2.05, 4.69) is 0 Å². The van der Waals surface area contributed by atoms with Gasteiger partial charge in [0.2, 0.25) is 0 Å². The average molecular weight is 342 g/mol. The van der Waals surface area contributed by atoms with Gasteiger partial charge in [-0.1, -0.05) is 48.0 Å². The van der Waals surface area contributed by atoms with Crippen molar-refractivity contribution in [2.75, 3.05) is 0 Å². The van der Waals surface area contributed by atoms with Crippen LogP contribution in [0.2, 0.25) is 0 Å². The van der Waals surface area contributed by atoms with Crippen LogP contribution < -0.4 is 0 Å². The molecule has 4 heteroatoms. The smallest absolute Gasteiger partial charge is 0.125 e. The van der Waals surface area contributed by atoms with Crippen LogP contribution in [0, 0.1) is 6.92 Å². The molecule has 128 valence electrons. The molecule has 0 bridgehead atoms. The minimum atomic E-state index is 0.0929. The summed E-state index contributed by atoms with van der Waals surface area (Å²) in [6.45, 7) is 2.04. The van der Waals surface area contributed by atoms with Crippen molar-refractivity contribution in [1.82, 2.24) is 9.78 Å². The molecule has 2 N–H and O–H groups in total. The number of phenolic OH excluding ortho intramolecular Hbond substituents is 2. The lowest BCUT2D eigenvalue weighted by atomic mass is 10.1. The highest BCUT2D eigenvalue weighted by Gasteiger charge is 2.16. The summed E-state index contributed by atoms with van der Waals surface area (Å²) in [5.41, 5.74) is 5.09. The summed E-state index contributed by atoms with van der Waals surface area (Å²) in [6, 6.07) is 24.3. The predicted octanol–water partition coefficient (Wildman–Crippen LogP) is 4.93. The fourth-order valence-electron chi connectivity index (χ4n) is 2.93. The Morgan fingerprint density at radius 3 is 2.27 bits per heavy atom. The molecule has 0 fully saturated rings. The van der Waals surface area contributed by atoms with E-state index in [-0.39, 0.29) is 11.5 Å². The Labute approximate surface area is 151 Å². The Balaban J connectivity index is 1.94. The van der Waals surface area contributed by atoms with Gasteiger partial charge in [0, 0.05) is 11.1 Å². The Kier molecular flexibility index (Phi) is 3.93. The quantitative estimate of drug-likeness (QED) is 0.519. The van der Waals surface area contributed by atoms with Crippen LogP contribution in [0.4, 0.5) is 0 Å². The number of para-hydroxylation sites is 1. The normalized spacial score (nSPS) is 10.8. The number of hydrogen-bond acceptors (Lipinski definition) is 3. The van der Waals surface area contributed by atoms with Crippen LogP contribution >= 0.6 is 0 Å². The van der Waals surface area contributed by atoms with Crippen LogP contribution in [0.1, 0.15) is 5.56 Å². The highest BCUT2D eigenvalue weighted by molar-refractivity contribution is 5.75. The van der Waals surface area contributed by atoms with Crippen LogP contribution in [0.3, 0.4) is 0 Å². The van der Waals surface area contributed by atoms with Gasteiger partial charge in [-0.15, -0.1) is 0 Å². The van der Waals surface area contributed by atoms with Crippen molar-refractivity contribution in [1.29, 1.82) is 0 Å². The van der Waals surface area contributed by atoms with Crippen LogP contribution in [0.15, 0.2) is 78.9 Å².